The highest BCUT2D eigenvalue weighted by atomic mass is 79.9. The maximum absolute atomic E-state index is 14.6. The second-order valence-corrected chi connectivity index (χ2v) is 8.30. The average molecular weight is 486 g/mol. The summed E-state index contributed by atoms with van der Waals surface area (Å²) in [6.07, 6.45) is 0.444. The maximum Gasteiger partial charge on any atom is 0.227 e. The molecule has 1 atom stereocenters. The van der Waals surface area contributed by atoms with Crippen molar-refractivity contribution in [3.63, 3.8) is 0 Å². The quantitative estimate of drug-likeness (QED) is 0.373. The Kier molecular flexibility index (Phi) is 6.35. The van der Waals surface area contributed by atoms with Gasteiger partial charge >= 0.3 is 0 Å². The zero-order chi connectivity index (χ0) is 20.9. The number of amides is 1. The van der Waals surface area contributed by atoms with Crippen LogP contribution in [0.25, 0.3) is 11.4 Å². The molecule has 2 aromatic heterocycles. The van der Waals surface area contributed by atoms with Crippen LogP contribution in [0.2, 0.25) is 0 Å². The van der Waals surface area contributed by atoms with Crippen molar-refractivity contribution in [2.24, 2.45) is 0 Å². The average Bonchev–Trinajstić information content (AvgIpc) is 3.43. The predicted molar refractivity (Wildman–Crippen MR) is 116 cm³/mol. The lowest BCUT2D eigenvalue weighted by Crippen LogP contribution is -2.30. The largest absolute Gasteiger partial charge is 0.345 e. The van der Waals surface area contributed by atoms with E-state index in [2.05, 4.69) is 31.4 Å². The van der Waals surface area contributed by atoms with Gasteiger partial charge in [0.05, 0.1) is 6.04 Å². The molecule has 2 aromatic carbocycles. The van der Waals surface area contributed by atoms with Crippen LogP contribution >= 0.6 is 27.3 Å². The summed E-state index contributed by atoms with van der Waals surface area (Å²) in [5.41, 5.74) is 2.08. The zero-order valence-electron chi connectivity index (χ0n) is 15.7. The number of hydrogen-bond acceptors (Lipinski definition) is 5. The van der Waals surface area contributed by atoms with Crippen molar-refractivity contribution >= 4 is 33.2 Å². The molecule has 0 unspecified atom stereocenters. The van der Waals surface area contributed by atoms with Gasteiger partial charge in [-0.2, -0.15) is 16.3 Å². The molecule has 4 aromatic rings. The van der Waals surface area contributed by atoms with Crippen molar-refractivity contribution in [2.45, 2.75) is 18.9 Å². The minimum atomic E-state index is -0.601. The monoisotopic (exact) mass is 485 g/mol. The maximum atomic E-state index is 14.6. The van der Waals surface area contributed by atoms with Gasteiger partial charge < -0.3 is 9.84 Å². The molecule has 0 saturated heterocycles. The first-order valence-corrected chi connectivity index (χ1v) is 11.0. The van der Waals surface area contributed by atoms with E-state index in [9.17, 15) is 9.18 Å². The van der Waals surface area contributed by atoms with Gasteiger partial charge in [0.2, 0.25) is 17.6 Å². The molecule has 0 aliphatic carbocycles. The molecule has 0 spiro atoms. The van der Waals surface area contributed by atoms with Crippen LogP contribution in [0.3, 0.4) is 0 Å². The van der Waals surface area contributed by atoms with Crippen LogP contribution in [-0.2, 0) is 11.2 Å². The van der Waals surface area contributed by atoms with E-state index in [1.165, 1.54) is 6.07 Å². The Bertz CT molecular complexity index is 1130. The summed E-state index contributed by atoms with van der Waals surface area (Å²) >= 11 is 4.82. The fraction of sp³-hybridized carbons (Fsp3) is 0.136. The fourth-order valence-corrected chi connectivity index (χ4v) is 4.01. The van der Waals surface area contributed by atoms with Gasteiger partial charge in [-0.1, -0.05) is 57.5 Å². The Morgan fingerprint density at radius 3 is 2.77 bits per heavy atom. The van der Waals surface area contributed by atoms with Crippen LogP contribution < -0.4 is 5.32 Å². The number of benzene rings is 2. The van der Waals surface area contributed by atoms with Gasteiger partial charge in [0.15, 0.2) is 0 Å². The Labute approximate surface area is 185 Å². The fourth-order valence-electron chi connectivity index (χ4n) is 3.04. The van der Waals surface area contributed by atoms with E-state index < -0.39 is 11.9 Å². The number of hydrogen-bond donors (Lipinski definition) is 1. The Hall–Kier alpha value is -2.84. The van der Waals surface area contributed by atoms with Gasteiger partial charge in [-0.05, 0) is 29.1 Å². The molecular weight excluding hydrogens is 469 g/mol. The summed E-state index contributed by atoms with van der Waals surface area (Å²) in [4.78, 5) is 17.0. The summed E-state index contributed by atoms with van der Waals surface area (Å²) in [6.45, 7) is 0. The lowest BCUT2D eigenvalue weighted by molar-refractivity contribution is -0.121. The van der Waals surface area contributed by atoms with E-state index in [0.29, 0.717) is 28.2 Å². The summed E-state index contributed by atoms with van der Waals surface area (Å²) in [5, 5.41) is 10.7. The van der Waals surface area contributed by atoms with E-state index in [4.69, 9.17) is 4.52 Å². The van der Waals surface area contributed by atoms with Gasteiger partial charge in [-0.25, -0.2) is 4.39 Å². The number of thiophene rings is 1. The normalized spacial score (nSPS) is 11.9. The highest BCUT2D eigenvalue weighted by molar-refractivity contribution is 9.10. The number of carbonyl (C=O) groups is 1. The molecule has 30 heavy (non-hydrogen) atoms. The van der Waals surface area contributed by atoms with Gasteiger partial charge in [0, 0.05) is 33.8 Å². The van der Waals surface area contributed by atoms with E-state index in [-0.39, 0.29) is 12.3 Å². The first-order valence-electron chi connectivity index (χ1n) is 9.24. The number of rotatable bonds is 7. The lowest BCUT2D eigenvalue weighted by atomic mass is 9.98. The van der Waals surface area contributed by atoms with Crippen LogP contribution in [0.5, 0.6) is 0 Å². The van der Waals surface area contributed by atoms with E-state index in [1.807, 2.05) is 47.2 Å². The lowest BCUT2D eigenvalue weighted by Gasteiger charge is -2.20. The van der Waals surface area contributed by atoms with Gasteiger partial charge in [-0.3, -0.25) is 4.79 Å². The number of carbonyl (C=O) groups excluding carboxylic acids is 1. The minimum absolute atomic E-state index is 0.146. The number of halogens is 2. The third-order valence-corrected chi connectivity index (χ3v) is 5.70. The van der Waals surface area contributed by atoms with Crippen LogP contribution in [0.15, 0.2) is 74.4 Å². The molecule has 152 valence electrons. The van der Waals surface area contributed by atoms with E-state index in [1.54, 1.807) is 23.5 Å². The minimum Gasteiger partial charge on any atom is -0.345 e. The smallest absolute Gasteiger partial charge is 0.227 e. The third-order valence-electron chi connectivity index (χ3n) is 4.53. The van der Waals surface area contributed by atoms with Gasteiger partial charge in [0.1, 0.15) is 5.82 Å². The Morgan fingerprint density at radius 1 is 1.20 bits per heavy atom. The van der Waals surface area contributed by atoms with Gasteiger partial charge in [0.25, 0.3) is 0 Å². The highest BCUT2D eigenvalue weighted by Gasteiger charge is 2.21. The highest BCUT2D eigenvalue weighted by Crippen LogP contribution is 2.27. The molecule has 0 fully saturated rings. The first-order chi connectivity index (χ1) is 14.6. The topological polar surface area (TPSA) is 68.0 Å². The van der Waals surface area contributed by atoms with E-state index >= 15 is 0 Å². The van der Waals surface area contributed by atoms with Crippen molar-refractivity contribution in [3.05, 3.63) is 92.7 Å². The van der Waals surface area contributed by atoms with Gasteiger partial charge in [-0.15, -0.1) is 0 Å². The molecule has 0 radical (unpaired) electrons. The molecule has 4 rings (SSSR count). The molecular formula is C22H17BrFN3O2S. The molecule has 1 N–H and O–H groups in total. The summed E-state index contributed by atoms with van der Waals surface area (Å²) in [5.74, 6) is 0.264. The number of aryl methyl sites for hydroxylation is 1. The molecule has 0 bridgehead atoms. The number of aromatic nitrogens is 2. The standard InChI is InChI=1S/C22H17BrFN3O2S/c23-16-6-7-17(18(24)12-16)21(14-4-2-1-3-5-14)25-19(28)8-9-20-26-22(27-29-20)15-10-11-30-13-15/h1-7,10-13,21H,8-9H2,(H,25,28)/t21-/m0/s1. The predicted octanol–water partition coefficient (Wildman–Crippen LogP) is 5.54. The Morgan fingerprint density at radius 2 is 2.03 bits per heavy atom. The molecule has 0 aliphatic heterocycles. The Balaban J connectivity index is 1.47. The molecule has 5 nitrogen and oxygen atoms in total. The van der Waals surface area contributed by atoms with Crippen LogP contribution in [-0.4, -0.2) is 16.0 Å². The van der Waals surface area contributed by atoms with Crippen LogP contribution in [0, 0.1) is 5.82 Å². The van der Waals surface area contributed by atoms with Crippen LogP contribution in [0.1, 0.15) is 29.5 Å². The van der Waals surface area contributed by atoms with Crippen LogP contribution in [0.4, 0.5) is 4.39 Å². The summed E-state index contributed by atoms with van der Waals surface area (Å²) < 4.78 is 20.5. The summed E-state index contributed by atoms with van der Waals surface area (Å²) in [6, 6.07) is 15.4. The summed E-state index contributed by atoms with van der Waals surface area (Å²) in [7, 11) is 0. The second kappa shape index (κ2) is 9.32. The number of nitrogens with one attached hydrogen (secondary N) is 1. The second-order valence-electron chi connectivity index (χ2n) is 6.60. The van der Waals surface area contributed by atoms with Crippen molar-refractivity contribution in [3.8, 4) is 11.4 Å². The molecule has 0 aliphatic rings. The SMILES string of the molecule is O=C(CCc1nc(-c2ccsc2)no1)N[C@@H](c1ccccc1)c1ccc(Br)cc1F. The van der Waals surface area contributed by atoms with Crippen molar-refractivity contribution in [1.29, 1.82) is 0 Å². The van der Waals surface area contributed by atoms with Crippen molar-refractivity contribution in [2.75, 3.05) is 0 Å². The van der Waals surface area contributed by atoms with Crippen molar-refractivity contribution < 1.29 is 13.7 Å². The molecule has 1 amide bonds. The number of nitrogens with zero attached hydrogens (tertiary/aromatic N) is 2. The van der Waals surface area contributed by atoms with Crippen molar-refractivity contribution in [1.82, 2.24) is 15.5 Å². The van der Waals surface area contributed by atoms with E-state index in [0.717, 1.165) is 11.1 Å². The molecule has 8 heteroatoms. The molecule has 0 saturated carbocycles. The third kappa shape index (κ3) is 4.83. The first kappa shape index (κ1) is 20.4. The molecule has 2 heterocycles. The zero-order valence-corrected chi connectivity index (χ0v) is 18.1.